The second-order valence-corrected chi connectivity index (χ2v) is 13.1. The molecule has 0 aliphatic carbocycles. The third-order valence-corrected chi connectivity index (χ3v) is 7.36. The zero-order valence-corrected chi connectivity index (χ0v) is 24.4. The Morgan fingerprint density at radius 2 is 1.29 bits per heavy atom. The molecule has 4 nitrogen and oxygen atoms in total. The molecule has 0 spiro atoms. The van der Waals surface area contributed by atoms with Crippen LogP contribution in [0.5, 0.6) is 5.75 Å². The average molecular weight is 532 g/mol. The average Bonchev–Trinajstić information content (AvgIpc) is 2.83. The summed E-state index contributed by atoms with van der Waals surface area (Å²) >= 11 is 1.23. The summed E-state index contributed by atoms with van der Waals surface area (Å²) in [5.41, 5.74) is 4.47. The van der Waals surface area contributed by atoms with E-state index in [0.29, 0.717) is 31.4 Å². The number of carbonyl (C=O) groups excluding carboxylic acids is 2. The first-order valence-electron chi connectivity index (χ1n) is 13.3. The van der Waals surface area contributed by atoms with Gasteiger partial charge >= 0.3 is 0 Å². The number of phenols is 1. The van der Waals surface area contributed by atoms with Crippen LogP contribution in [-0.4, -0.2) is 16.1 Å². The fourth-order valence-corrected chi connectivity index (χ4v) is 5.17. The molecule has 202 valence electrons. The number of phenolic OH excluding ortho intramolecular Hbond substituents is 1. The number of anilines is 1. The van der Waals surface area contributed by atoms with E-state index < -0.39 is 0 Å². The summed E-state index contributed by atoms with van der Waals surface area (Å²) < 4.78 is 0. The Morgan fingerprint density at radius 1 is 0.763 bits per heavy atom. The molecule has 1 amide bonds. The van der Waals surface area contributed by atoms with Gasteiger partial charge in [0.05, 0.1) is 0 Å². The monoisotopic (exact) mass is 531 g/mol. The van der Waals surface area contributed by atoms with E-state index in [2.05, 4.69) is 59.0 Å². The number of amides is 1. The molecule has 0 saturated heterocycles. The molecule has 0 fully saturated rings. The summed E-state index contributed by atoms with van der Waals surface area (Å²) in [5, 5.41) is 13.9. The van der Waals surface area contributed by atoms with Gasteiger partial charge in [-0.3, -0.25) is 9.59 Å². The van der Waals surface area contributed by atoms with E-state index >= 15 is 0 Å². The SMILES string of the molecule is CC(C)(C)c1cc(SC(=O)CCCCC(=O)Nc2ccc(Cc3ccccc3)cc2)cc(C(C)(C)C)c1O. The van der Waals surface area contributed by atoms with Gasteiger partial charge in [-0.1, -0.05) is 95.8 Å². The first-order valence-corrected chi connectivity index (χ1v) is 14.2. The van der Waals surface area contributed by atoms with Gasteiger partial charge in [0.2, 0.25) is 5.91 Å². The molecule has 0 aliphatic rings. The van der Waals surface area contributed by atoms with Crippen LogP contribution in [0.3, 0.4) is 0 Å². The minimum absolute atomic E-state index is 0.0379. The summed E-state index contributed by atoms with van der Waals surface area (Å²) in [6.07, 6.45) is 2.96. The van der Waals surface area contributed by atoms with E-state index in [4.69, 9.17) is 0 Å². The van der Waals surface area contributed by atoms with Crippen LogP contribution in [0.4, 0.5) is 5.69 Å². The minimum atomic E-state index is -0.237. The van der Waals surface area contributed by atoms with Crippen LogP contribution in [0.2, 0.25) is 0 Å². The maximum atomic E-state index is 12.7. The molecule has 3 aromatic carbocycles. The fraction of sp³-hybridized carbons (Fsp3) is 0.394. The molecular weight excluding hydrogens is 490 g/mol. The Labute approximate surface area is 232 Å². The third kappa shape index (κ3) is 8.76. The van der Waals surface area contributed by atoms with Crippen LogP contribution in [0.1, 0.15) is 89.5 Å². The number of hydrogen-bond acceptors (Lipinski definition) is 4. The van der Waals surface area contributed by atoms with Crippen LogP contribution in [-0.2, 0) is 26.8 Å². The van der Waals surface area contributed by atoms with E-state index in [0.717, 1.165) is 28.1 Å². The summed E-state index contributed by atoms with van der Waals surface area (Å²) in [5.74, 6) is 0.280. The van der Waals surface area contributed by atoms with Crippen molar-refractivity contribution in [2.45, 2.75) is 89.4 Å². The lowest BCUT2D eigenvalue weighted by Crippen LogP contribution is -2.17. The van der Waals surface area contributed by atoms with Gasteiger partial charge in [0.1, 0.15) is 5.75 Å². The molecule has 2 N–H and O–H groups in total. The molecule has 3 rings (SSSR count). The summed E-state index contributed by atoms with van der Waals surface area (Å²) in [4.78, 5) is 26.0. The highest BCUT2D eigenvalue weighted by Crippen LogP contribution is 2.42. The van der Waals surface area contributed by atoms with Crippen molar-refractivity contribution >= 4 is 28.5 Å². The van der Waals surface area contributed by atoms with E-state index in [-0.39, 0.29) is 21.9 Å². The summed E-state index contributed by atoms with van der Waals surface area (Å²) in [6.45, 7) is 12.4. The van der Waals surface area contributed by atoms with E-state index in [9.17, 15) is 14.7 Å². The van der Waals surface area contributed by atoms with Crippen LogP contribution in [0.25, 0.3) is 0 Å². The van der Waals surface area contributed by atoms with Gasteiger partial charge in [0.15, 0.2) is 5.12 Å². The number of unbranched alkanes of at least 4 members (excludes halogenated alkanes) is 1. The Bertz CT molecular complexity index is 1200. The molecule has 0 saturated carbocycles. The minimum Gasteiger partial charge on any atom is -0.507 e. The molecule has 0 aromatic heterocycles. The fourth-order valence-electron chi connectivity index (χ4n) is 4.31. The number of nitrogens with one attached hydrogen (secondary N) is 1. The molecule has 3 aromatic rings. The standard InChI is InChI=1S/C33H41NO3S/c1-32(2,3)27-21-26(22-28(31(27)37)33(4,5)6)38-30(36)15-11-10-14-29(35)34-25-18-16-24(17-19-25)20-23-12-8-7-9-13-23/h7-9,12-13,16-19,21-22,37H,10-11,14-15,20H2,1-6H3,(H,34,35). The molecule has 0 atom stereocenters. The van der Waals surface area contributed by atoms with Gasteiger partial charge < -0.3 is 10.4 Å². The second-order valence-electron chi connectivity index (χ2n) is 12.0. The summed E-state index contributed by atoms with van der Waals surface area (Å²) in [6, 6.07) is 22.1. The van der Waals surface area contributed by atoms with Gasteiger partial charge in [-0.2, -0.15) is 0 Å². The maximum Gasteiger partial charge on any atom is 0.224 e. The molecule has 0 unspecified atom stereocenters. The molecule has 0 heterocycles. The van der Waals surface area contributed by atoms with E-state index in [1.165, 1.54) is 22.9 Å². The number of hydrogen-bond donors (Lipinski definition) is 2. The number of rotatable bonds is 9. The van der Waals surface area contributed by atoms with Gasteiger partial charge in [-0.15, -0.1) is 0 Å². The molecule has 0 aliphatic heterocycles. The molecule has 0 bridgehead atoms. The zero-order chi connectivity index (χ0) is 27.9. The van der Waals surface area contributed by atoms with E-state index in [1.807, 2.05) is 54.6 Å². The van der Waals surface area contributed by atoms with Crippen molar-refractivity contribution in [2.24, 2.45) is 0 Å². The lowest BCUT2D eigenvalue weighted by Gasteiger charge is -2.28. The predicted octanol–water partition coefficient (Wildman–Crippen LogP) is 8.40. The van der Waals surface area contributed by atoms with Crippen molar-refractivity contribution < 1.29 is 14.7 Å². The zero-order valence-electron chi connectivity index (χ0n) is 23.6. The Kier molecular flexibility index (Phi) is 9.83. The Balaban J connectivity index is 1.47. The number of benzene rings is 3. The van der Waals surface area contributed by atoms with Crippen molar-refractivity contribution in [1.29, 1.82) is 0 Å². The molecule has 5 heteroatoms. The van der Waals surface area contributed by atoms with Gasteiger partial charge in [-0.25, -0.2) is 0 Å². The van der Waals surface area contributed by atoms with Crippen LogP contribution < -0.4 is 5.32 Å². The van der Waals surface area contributed by atoms with Crippen LogP contribution in [0, 0.1) is 0 Å². The van der Waals surface area contributed by atoms with Crippen LogP contribution >= 0.6 is 11.8 Å². The first kappa shape index (κ1) is 29.5. The second kappa shape index (κ2) is 12.7. The third-order valence-electron chi connectivity index (χ3n) is 6.45. The number of aromatic hydroxyl groups is 1. The summed E-state index contributed by atoms with van der Waals surface area (Å²) in [7, 11) is 0. The molecular formula is C33H41NO3S. The number of thioether (sulfide) groups is 1. The van der Waals surface area contributed by atoms with Gasteiger partial charge in [0.25, 0.3) is 0 Å². The topological polar surface area (TPSA) is 66.4 Å². The van der Waals surface area contributed by atoms with Crippen molar-refractivity contribution in [2.75, 3.05) is 5.32 Å². The highest BCUT2D eigenvalue weighted by Gasteiger charge is 2.27. The van der Waals surface area contributed by atoms with Crippen molar-refractivity contribution in [1.82, 2.24) is 0 Å². The maximum absolute atomic E-state index is 12.7. The highest BCUT2D eigenvalue weighted by molar-refractivity contribution is 8.13. The van der Waals surface area contributed by atoms with Crippen molar-refractivity contribution in [3.63, 3.8) is 0 Å². The lowest BCUT2D eigenvalue weighted by atomic mass is 9.79. The van der Waals surface area contributed by atoms with Crippen molar-refractivity contribution in [3.05, 3.63) is 89.0 Å². The highest BCUT2D eigenvalue weighted by atomic mass is 32.2. The van der Waals surface area contributed by atoms with E-state index in [1.54, 1.807) is 0 Å². The molecule has 0 radical (unpaired) electrons. The Morgan fingerprint density at radius 3 is 1.84 bits per heavy atom. The van der Waals surface area contributed by atoms with Gasteiger partial charge in [0, 0.05) is 34.6 Å². The van der Waals surface area contributed by atoms with Gasteiger partial charge in [-0.05, 0) is 65.5 Å². The number of carbonyl (C=O) groups is 2. The van der Waals surface area contributed by atoms with Crippen molar-refractivity contribution in [3.8, 4) is 5.75 Å². The largest absolute Gasteiger partial charge is 0.507 e. The van der Waals surface area contributed by atoms with Crippen LogP contribution in [0.15, 0.2) is 71.6 Å². The lowest BCUT2D eigenvalue weighted by molar-refractivity contribution is -0.116. The predicted molar refractivity (Wildman–Crippen MR) is 159 cm³/mol. The Hall–Kier alpha value is -3.05. The smallest absolute Gasteiger partial charge is 0.224 e. The first-order chi connectivity index (χ1) is 17.8. The quantitative estimate of drug-likeness (QED) is 0.215. The molecule has 38 heavy (non-hydrogen) atoms. The normalized spacial score (nSPS) is 11.8.